The van der Waals surface area contributed by atoms with E-state index in [4.69, 9.17) is 4.74 Å². The molecule has 0 heterocycles. The van der Waals surface area contributed by atoms with Crippen molar-refractivity contribution in [3.05, 3.63) is 125 Å². The number of aryl methyl sites for hydroxylation is 1. The van der Waals surface area contributed by atoms with Crippen LogP contribution in [0.5, 0.6) is 5.75 Å². The number of benzene rings is 4. The monoisotopic (exact) mass is 450 g/mol. The molecule has 2 amide bonds. The normalized spacial score (nSPS) is 10.4. The Morgan fingerprint density at radius 3 is 2.15 bits per heavy atom. The number of hydrogen-bond acceptors (Lipinski definition) is 3. The molecular formula is C29H26N2O3. The highest BCUT2D eigenvalue weighted by atomic mass is 16.5. The third-order valence-electron chi connectivity index (χ3n) is 5.39. The van der Waals surface area contributed by atoms with Gasteiger partial charge in [-0.1, -0.05) is 60.7 Å². The highest BCUT2D eigenvalue weighted by Gasteiger charge is 2.14. The molecule has 2 N–H and O–H groups in total. The van der Waals surface area contributed by atoms with Crippen LogP contribution >= 0.6 is 0 Å². The Hall–Kier alpha value is -4.38. The van der Waals surface area contributed by atoms with Crippen LogP contribution in [0.2, 0.25) is 0 Å². The van der Waals surface area contributed by atoms with Crippen molar-refractivity contribution in [2.45, 2.75) is 13.3 Å². The zero-order valence-corrected chi connectivity index (χ0v) is 19.0. The van der Waals surface area contributed by atoms with Crippen LogP contribution in [-0.2, 0) is 6.42 Å². The predicted octanol–water partition coefficient (Wildman–Crippen LogP) is 6.12. The van der Waals surface area contributed by atoms with Crippen molar-refractivity contribution < 1.29 is 14.3 Å². The highest BCUT2D eigenvalue weighted by Crippen LogP contribution is 2.23. The second kappa shape index (κ2) is 11.0. The van der Waals surface area contributed by atoms with Crippen LogP contribution in [0.15, 0.2) is 103 Å². The number of amides is 2. The molecule has 0 aliphatic carbocycles. The first-order chi connectivity index (χ1) is 16.6. The molecule has 0 radical (unpaired) electrons. The van der Waals surface area contributed by atoms with Gasteiger partial charge in [0.25, 0.3) is 11.8 Å². The van der Waals surface area contributed by atoms with Gasteiger partial charge >= 0.3 is 0 Å². The van der Waals surface area contributed by atoms with E-state index < -0.39 is 0 Å². The maximum Gasteiger partial charge on any atom is 0.259 e. The van der Waals surface area contributed by atoms with Crippen molar-refractivity contribution in [1.82, 2.24) is 0 Å². The van der Waals surface area contributed by atoms with Crippen molar-refractivity contribution in [2.24, 2.45) is 0 Å². The number of carbonyl (C=O) groups excluding carboxylic acids is 2. The third-order valence-corrected chi connectivity index (χ3v) is 5.39. The van der Waals surface area contributed by atoms with E-state index in [0.717, 1.165) is 12.0 Å². The first kappa shape index (κ1) is 22.8. The summed E-state index contributed by atoms with van der Waals surface area (Å²) in [6.07, 6.45) is 0.756. The first-order valence-corrected chi connectivity index (χ1v) is 11.1. The summed E-state index contributed by atoms with van der Waals surface area (Å²) >= 11 is 0. The Balaban J connectivity index is 1.40. The van der Waals surface area contributed by atoms with Crippen LogP contribution in [0.1, 0.15) is 31.8 Å². The van der Waals surface area contributed by atoms with Gasteiger partial charge in [0.1, 0.15) is 5.75 Å². The van der Waals surface area contributed by atoms with E-state index in [2.05, 4.69) is 22.8 Å². The summed E-state index contributed by atoms with van der Waals surface area (Å²) in [4.78, 5) is 25.4. The lowest BCUT2D eigenvalue weighted by Crippen LogP contribution is -2.15. The van der Waals surface area contributed by atoms with E-state index in [1.54, 1.807) is 36.4 Å². The fourth-order valence-corrected chi connectivity index (χ4v) is 3.57. The Morgan fingerprint density at radius 1 is 0.735 bits per heavy atom. The predicted molar refractivity (Wildman–Crippen MR) is 136 cm³/mol. The second-order valence-electron chi connectivity index (χ2n) is 7.88. The summed E-state index contributed by atoms with van der Waals surface area (Å²) < 4.78 is 5.92. The number of hydrogen-bond donors (Lipinski definition) is 2. The Bertz CT molecular complexity index is 1270. The molecule has 170 valence electrons. The second-order valence-corrected chi connectivity index (χ2v) is 7.88. The highest BCUT2D eigenvalue weighted by molar-refractivity contribution is 6.07. The quantitative estimate of drug-likeness (QED) is 0.340. The molecule has 4 aromatic carbocycles. The third kappa shape index (κ3) is 5.90. The summed E-state index contributed by atoms with van der Waals surface area (Å²) in [5.41, 5.74) is 4.41. The molecule has 4 aromatic rings. The van der Waals surface area contributed by atoms with Crippen LogP contribution in [0, 0.1) is 6.92 Å². The molecule has 0 saturated heterocycles. The van der Waals surface area contributed by atoms with Gasteiger partial charge in [-0.15, -0.1) is 0 Å². The Labute approximate surface area is 199 Å². The Morgan fingerprint density at radius 2 is 1.41 bits per heavy atom. The van der Waals surface area contributed by atoms with Gasteiger partial charge in [0.05, 0.1) is 12.2 Å². The lowest BCUT2D eigenvalue weighted by Gasteiger charge is -2.13. The molecule has 0 aromatic heterocycles. The van der Waals surface area contributed by atoms with Gasteiger partial charge in [-0.2, -0.15) is 0 Å². The van der Waals surface area contributed by atoms with Gasteiger partial charge in [-0.25, -0.2) is 0 Å². The summed E-state index contributed by atoms with van der Waals surface area (Å²) in [7, 11) is 0. The molecule has 4 rings (SSSR count). The minimum absolute atomic E-state index is 0.179. The molecule has 34 heavy (non-hydrogen) atoms. The maximum atomic E-state index is 13.0. The zero-order chi connectivity index (χ0) is 23.8. The SMILES string of the molecule is Cc1cc(NC(=O)c2ccccc2OCCc2ccccc2)ccc1NC(=O)c1ccccc1. The summed E-state index contributed by atoms with van der Waals surface area (Å²) in [5, 5.41) is 5.84. The van der Waals surface area contributed by atoms with Crippen molar-refractivity contribution in [3.8, 4) is 5.75 Å². The van der Waals surface area contributed by atoms with Gasteiger partial charge < -0.3 is 15.4 Å². The number of anilines is 2. The van der Waals surface area contributed by atoms with E-state index in [1.165, 1.54) is 5.56 Å². The van der Waals surface area contributed by atoms with Crippen molar-refractivity contribution in [3.63, 3.8) is 0 Å². The van der Waals surface area contributed by atoms with E-state index >= 15 is 0 Å². The molecule has 0 bridgehead atoms. The summed E-state index contributed by atoms with van der Waals surface area (Å²) in [6.45, 7) is 2.36. The molecule has 0 saturated carbocycles. The van der Waals surface area contributed by atoms with Gasteiger partial charge in [0.2, 0.25) is 0 Å². The van der Waals surface area contributed by atoms with E-state index in [-0.39, 0.29) is 11.8 Å². The van der Waals surface area contributed by atoms with Gasteiger partial charge in [-0.3, -0.25) is 9.59 Å². The number of nitrogens with one attached hydrogen (secondary N) is 2. The molecular weight excluding hydrogens is 424 g/mol. The number of ether oxygens (including phenoxy) is 1. The van der Waals surface area contributed by atoms with Crippen LogP contribution < -0.4 is 15.4 Å². The first-order valence-electron chi connectivity index (χ1n) is 11.1. The average molecular weight is 451 g/mol. The minimum Gasteiger partial charge on any atom is -0.492 e. The smallest absolute Gasteiger partial charge is 0.259 e. The number of para-hydroxylation sites is 1. The topological polar surface area (TPSA) is 67.4 Å². The van der Waals surface area contributed by atoms with Crippen molar-refractivity contribution in [1.29, 1.82) is 0 Å². The lowest BCUT2D eigenvalue weighted by molar-refractivity contribution is 0.101. The molecule has 0 fully saturated rings. The van der Waals surface area contributed by atoms with E-state index in [9.17, 15) is 9.59 Å². The summed E-state index contributed by atoms with van der Waals surface area (Å²) in [6, 6.07) is 31.7. The maximum absolute atomic E-state index is 13.0. The van der Waals surface area contributed by atoms with Gasteiger partial charge in [0, 0.05) is 23.4 Å². The molecule has 0 atom stereocenters. The number of carbonyl (C=O) groups is 2. The van der Waals surface area contributed by atoms with Crippen LogP contribution in [0.25, 0.3) is 0 Å². The zero-order valence-electron chi connectivity index (χ0n) is 19.0. The van der Waals surface area contributed by atoms with Crippen LogP contribution in [0.4, 0.5) is 11.4 Å². The minimum atomic E-state index is -0.254. The molecule has 5 heteroatoms. The van der Waals surface area contributed by atoms with E-state index in [1.807, 2.05) is 61.5 Å². The standard InChI is InChI=1S/C29H26N2O3/c1-21-20-24(16-17-26(21)31-28(32)23-12-6-3-7-13-23)30-29(33)25-14-8-9-15-27(25)34-19-18-22-10-4-2-5-11-22/h2-17,20H,18-19H2,1H3,(H,30,33)(H,31,32). The molecule has 0 aliphatic rings. The fraction of sp³-hybridized carbons (Fsp3) is 0.103. The van der Waals surface area contributed by atoms with Crippen LogP contribution in [0.3, 0.4) is 0 Å². The summed E-state index contributed by atoms with van der Waals surface area (Å²) in [5.74, 6) is 0.109. The molecule has 0 spiro atoms. The molecule has 0 aliphatic heterocycles. The average Bonchev–Trinajstić information content (AvgIpc) is 2.87. The van der Waals surface area contributed by atoms with Gasteiger partial charge in [0.15, 0.2) is 0 Å². The lowest BCUT2D eigenvalue weighted by atomic mass is 10.1. The Kier molecular flexibility index (Phi) is 7.35. The van der Waals surface area contributed by atoms with Crippen molar-refractivity contribution >= 4 is 23.2 Å². The van der Waals surface area contributed by atoms with E-state index in [0.29, 0.717) is 34.9 Å². The fourth-order valence-electron chi connectivity index (χ4n) is 3.57. The molecule has 5 nitrogen and oxygen atoms in total. The molecule has 0 unspecified atom stereocenters. The number of rotatable bonds is 8. The van der Waals surface area contributed by atoms with Crippen molar-refractivity contribution in [2.75, 3.05) is 17.2 Å². The largest absolute Gasteiger partial charge is 0.492 e. The van der Waals surface area contributed by atoms with Crippen LogP contribution in [-0.4, -0.2) is 18.4 Å². The van der Waals surface area contributed by atoms with Gasteiger partial charge in [-0.05, 0) is 60.5 Å².